The summed E-state index contributed by atoms with van der Waals surface area (Å²) in [6, 6.07) is 17.7. The molecule has 0 saturated heterocycles. The Morgan fingerprint density at radius 2 is 2.00 bits per heavy atom. The molecule has 1 amide bonds. The van der Waals surface area contributed by atoms with E-state index < -0.39 is 0 Å². The molecule has 0 aliphatic heterocycles. The fourth-order valence-corrected chi connectivity index (χ4v) is 3.49. The molecule has 4 rings (SSSR count). The van der Waals surface area contributed by atoms with E-state index in [9.17, 15) is 4.79 Å². The number of benzene rings is 2. The molecule has 0 aliphatic carbocycles. The Labute approximate surface area is 158 Å². The van der Waals surface area contributed by atoms with Crippen LogP contribution in [-0.4, -0.2) is 15.9 Å². The van der Waals surface area contributed by atoms with Gasteiger partial charge in [-0.25, -0.2) is 9.97 Å². The summed E-state index contributed by atoms with van der Waals surface area (Å²) in [4.78, 5) is 21.0. The molecule has 4 aromatic rings. The van der Waals surface area contributed by atoms with Crippen LogP contribution < -0.4 is 10.1 Å². The summed E-state index contributed by atoms with van der Waals surface area (Å²) in [7, 11) is 0. The summed E-state index contributed by atoms with van der Waals surface area (Å²) in [5, 5.41) is 3.97. The minimum Gasteiger partial charge on any atom is -0.439 e. The summed E-state index contributed by atoms with van der Waals surface area (Å²) in [5.74, 6) is 0.738. The number of rotatable bonds is 4. The largest absolute Gasteiger partial charge is 0.439 e. The lowest BCUT2D eigenvalue weighted by atomic mass is 10.2. The number of carbonyl (C=O) groups is 1. The lowest BCUT2D eigenvalue weighted by molar-refractivity contribution is 0.102. The van der Waals surface area contributed by atoms with Gasteiger partial charge in [-0.1, -0.05) is 35.1 Å². The highest BCUT2D eigenvalue weighted by molar-refractivity contribution is 7.22. The van der Waals surface area contributed by atoms with Gasteiger partial charge < -0.3 is 4.74 Å². The topological polar surface area (TPSA) is 64.1 Å². The van der Waals surface area contributed by atoms with Gasteiger partial charge >= 0.3 is 0 Å². The Morgan fingerprint density at radius 3 is 2.85 bits per heavy atom. The fourth-order valence-electron chi connectivity index (χ4n) is 2.35. The Hall–Kier alpha value is -2.96. The van der Waals surface area contributed by atoms with Gasteiger partial charge in [0.25, 0.3) is 5.91 Å². The molecule has 5 nitrogen and oxygen atoms in total. The van der Waals surface area contributed by atoms with Crippen LogP contribution in [0.15, 0.2) is 66.9 Å². The number of anilines is 1. The molecular weight excluding hydrogens is 370 g/mol. The standard InChI is InChI=1S/C19H12ClN3O2S/c20-13-7-8-15-16(11-13)26-19(22-15)23-18(24)12-4-3-5-14(10-12)25-17-6-1-2-9-21-17/h1-11H,(H,22,23,24). The summed E-state index contributed by atoms with van der Waals surface area (Å²) in [5.41, 5.74) is 1.26. The molecule has 0 spiro atoms. The minimum absolute atomic E-state index is 0.262. The van der Waals surface area contributed by atoms with Crippen LogP contribution in [0, 0.1) is 0 Å². The third-order valence-electron chi connectivity index (χ3n) is 3.53. The number of amides is 1. The van der Waals surface area contributed by atoms with Gasteiger partial charge in [0.15, 0.2) is 5.13 Å². The molecule has 0 fully saturated rings. The van der Waals surface area contributed by atoms with Crippen LogP contribution in [0.3, 0.4) is 0 Å². The van der Waals surface area contributed by atoms with Crippen LogP contribution in [0.25, 0.3) is 10.2 Å². The van der Waals surface area contributed by atoms with E-state index in [1.54, 1.807) is 42.6 Å². The van der Waals surface area contributed by atoms with E-state index in [4.69, 9.17) is 16.3 Å². The first-order valence-corrected chi connectivity index (χ1v) is 8.93. The van der Waals surface area contributed by atoms with Crippen LogP contribution in [0.1, 0.15) is 10.4 Å². The molecule has 2 aromatic heterocycles. The second-order valence-corrected chi connectivity index (χ2v) is 6.85. The predicted octanol–water partition coefficient (Wildman–Crippen LogP) is 5.39. The Morgan fingerprint density at radius 1 is 1.08 bits per heavy atom. The van der Waals surface area contributed by atoms with Gasteiger partial charge in [0.2, 0.25) is 5.88 Å². The van der Waals surface area contributed by atoms with E-state index in [0.29, 0.717) is 27.3 Å². The number of hydrogen-bond donors (Lipinski definition) is 1. The number of thiazole rings is 1. The molecule has 1 N–H and O–H groups in total. The van der Waals surface area contributed by atoms with E-state index in [1.165, 1.54) is 11.3 Å². The first-order chi connectivity index (χ1) is 12.7. The lowest BCUT2D eigenvalue weighted by Gasteiger charge is -2.06. The van der Waals surface area contributed by atoms with Crippen molar-refractivity contribution in [2.75, 3.05) is 5.32 Å². The number of aromatic nitrogens is 2. The summed E-state index contributed by atoms with van der Waals surface area (Å²) in [6.45, 7) is 0. The number of pyridine rings is 1. The highest BCUT2D eigenvalue weighted by Gasteiger charge is 2.11. The van der Waals surface area contributed by atoms with Gasteiger partial charge in [-0.2, -0.15) is 0 Å². The quantitative estimate of drug-likeness (QED) is 0.514. The van der Waals surface area contributed by atoms with Crippen molar-refractivity contribution < 1.29 is 9.53 Å². The van der Waals surface area contributed by atoms with Gasteiger partial charge in [-0.15, -0.1) is 0 Å². The van der Waals surface area contributed by atoms with Crippen LogP contribution in [0.4, 0.5) is 5.13 Å². The average molecular weight is 382 g/mol. The van der Waals surface area contributed by atoms with E-state index in [1.807, 2.05) is 24.3 Å². The van der Waals surface area contributed by atoms with Gasteiger partial charge in [0, 0.05) is 22.8 Å². The van der Waals surface area contributed by atoms with E-state index in [0.717, 1.165) is 10.2 Å². The zero-order valence-corrected chi connectivity index (χ0v) is 14.9. The van der Waals surface area contributed by atoms with Gasteiger partial charge in [0.05, 0.1) is 10.2 Å². The smallest absolute Gasteiger partial charge is 0.257 e. The molecular formula is C19H12ClN3O2S. The highest BCUT2D eigenvalue weighted by atomic mass is 35.5. The number of nitrogens with zero attached hydrogens (tertiary/aromatic N) is 2. The Kier molecular flexibility index (Phi) is 4.51. The zero-order chi connectivity index (χ0) is 17.9. The summed E-state index contributed by atoms with van der Waals surface area (Å²) >= 11 is 7.36. The molecule has 2 heterocycles. The Balaban J connectivity index is 1.53. The van der Waals surface area contributed by atoms with Crippen LogP contribution in [0.5, 0.6) is 11.6 Å². The second-order valence-electron chi connectivity index (χ2n) is 5.38. The number of fused-ring (bicyclic) bond motifs is 1. The van der Waals surface area contributed by atoms with Crippen molar-refractivity contribution in [3.05, 3.63) is 77.4 Å². The highest BCUT2D eigenvalue weighted by Crippen LogP contribution is 2.29. The van der Waals surface area contributed by atoms with Crippen LogP contribution in [-0.2, 0) is 0 Å². The van der Waals surface area contributed by atoms with Crippen molar-refractivity contribution >= 4 is 44.2 Å². The van der Waals surface area contributed by atoms with E-state index in [-0.39, 0.29) is 5.91 Å². The van der Waals surface area contributed by atoms with E-state index >= 15 is 0 Å². The SMILES string of the molecule is O=C(Nc1nc2ccc(Cl)cc2s1)c1cccc(Oc2ccccn2)c1. The Bertz CT molecular complexity index is 1080. The number of halogens is 1. The molecule has 7 heteroatoms. The van der Waals surface area contributed by atoms with Crippen molar-refractivity contribution in [3.8, 4) is 11.6 Å². The average Bonchev–Trinajstić information content (AvgIpc) is 3.04. The molecule has 128 valence electrons. The van der Waals surface area contributed by atoms with Gasteiger partial charge in [-0.05, 0) is 42.5 Å². The van der Waals surface area contributed by atoms with Crippen molar-refractivity contribution in [1.82, 2.24) is 9.97 Å². The van der Waals surface area contributed by atoms with Crippen molar-refractivity contribution in [2.45, 2.75) is 0 Å². The molecule has 0 saturated carbocycles. The molecule has 0 aliphatic rings. The molecule has 0 bridgehead atoms. The fraction of sp³-hybridized carbons (Fsp3) is 0. The monoisotopic (exact) mass is 381 g/mol. The first-order valence-electron chi connectivity index (χ1n) is 7.74. The maximum absolute atomic E-state index is 12.5. The van der Waals surface area contributed by atoms with Gasteiger partial charge in [-0.3, -0.25) is 10.1 Å². The molecule has 0 unspecified atom stereocenters. The number of carbonyl (C=O) groups excluding carboxylic acids is 1. The van der Waals surface area contributed by atoms with Crippen molar-refractivity contribution in [1.29, 1.82) is 0 Å². The van der Waals surface area contributed by atoms with Crippen LogP contribution >= 0.6 is 22.9 Å². The second kappa shape index (κ2) is 7.11. The molecule has 26 heavy (non-hydrogen) atoms. The third-order valence-corrected chi connectivity index (χ3v) is 4.70. The predicted molar refractivity (Wildman–Crippen MR) is 103 cm³/mol. The summed E-state index contributed by atoms with van der Waals surface area (Å²) < 4.78 is 6.58. The van der Waals surface area contributed by atoms with E-state index in [2.05, 4.69) is 15.3 Å². The first kappa shape index (κ1) is 16.5. The molecule has 0 radical (unpaired) electrons. The number of hydrogen-bond acceptors (Lipinski definition) is 5. The van der Waals surface area contributed by atoms with Crippen LogP contribution in [0.2, 0.25) is 5.02 Å². The maximum atomic E-state index is 12.5. The lowest BCUT2D eigenvalue weighted by Crippen LogP contribution is -2.11. The minimum atomic E-state index is -0.262. The molecule has 0 atom stereocenters. The third kappa shape index (κ3) is 3.66. The summed E-state index contributed by atoms with van der Waals surface area (Å²) in [6.07, 6.45) is 1.64. The van der Waals surface area contributed by atoms with Gasteiger partial charge in [0.1, 0.15) is 5.75 Å². The van der Waals surface area contributed by atoms with Crippen molar-refractivity contribution in [3.63, 3.8) is 0 Å². The normalized spacial score (nSPS) is 10.7. The number of ether oxygens (including phenoxy) is 1. The molecule has 2 aromatic carbocycles. The zero-order valence-electron chi connectivity index (χ0n) is 13.3. The maximum Gasteiger partial charge on any atom is 0.257 e. The van der Waals surface area contributed by atoms with Crippen molar-refractivity contribution in [2.24, 2.45) is 0 Å². The number of nitrogens with one attached hydrogen (secondary N) is 1.